The average molecular weight is 269 g/mol. The molecule has 0 saturated carbocycles. The zero-order chi connectivity index (χ0) is 14.5. The fraction of sp³-hybridized carbons (Fsp3) is 0.235. The van der Waals surface area contributed by atoms with Crippen LogP contribution >= 0.6 is 0 Å². The third kappa shape index (κ3) is 3.38. The van der Waals surface area contributed by atoms with Crippen molar-refractivity contribution in [2.24, 2.45) is 0 Å². The van der Waals surface area contributed by atoms with Gasteiger partial charge in [-0.15, -0.1) is 0 Å². The van der Waals surface area contributed by atoms with E-state index in [2.05, 4.69) is 24.4 Å². The Labute approximate surface area is 119 Å². The van der Waals surface area contributed by atoms with Crippen LogP contribution in [0.4, 0.5) is 0 Å². The van der Waals surface area contributed by atoms with Crippen LogP contribution in [0.3, 0.4) is 0 Å². The third-order valence-electron chi connectivity index (χ3n) is 3.41. The molecule has 3 heteroatoms. The first kappa shape index (κ1) is 14.1. The molecule has 0 aliphatic carbocycles. The van der Waals surface area contributed by atoms with Crippen LogP contribution in [0.15, 0.2) is 48.5 Å². The SMILES string of the molecule is Cc1ccc(C(=O)NCC(C)c2ccccc2)cc1O. The molecule has 104 valence electrons. The number of aryl methyl sites for hydroxylation is 1. The molecule has 1 amide bonds. The molecule has 0 spiro atoms. The predicted molar refractivity (Wildman–Crippen MR) is 80.0 cm³/mol. The van der Waals surface area contributed by atoms with Crippen molar-refractivity contribution in [3.8, 4) is 5.75 Å². The largest absolute Gasteiger partial charge is 0.508 e. The minimum atomic E-state index is -0.164. The zero-order valence-corrected chi connectivity index (χ0v) is 11.8. The lowest BCUT2D eigenvalue weighted by Crippen LogP contribution is -2.27. The van der Waals surface area contributed by atoms with E-state index in [0.29, 0.717) is 12.1 Å². The van der Waals surface area contributed by atoms with Gasteiger partial charge in [0, 0.05) is 12.1 Å². The molecular formula is C17H19NO2. The smallest absolute Gasteiger partial charge is 0.251 e. The maximum Gasteiger partial charge on any atom is 0.251 e. The number of nitrogens with one attached hydrogen (secondary N) is 1. The minimum Gasteiger partial charge on any atom is -0.508 e. The van der Waals surface area contributed by atoms with Crippen LogP contribution in [0.25, 0.3) is 0 Å². The van der Waals surface area contributed by atoms with E-state index in [4.69, 9.17) is 0 Å². The Hall–Kier alpha value is -2.29. The van der Waals surface area contributed by atoms with Gasteiger partial charge in [-0.2, -0.15) is 0 Å². The normalized spacial score (nSPS) is 11.9. The number of phenolic OH excluding ortho intramolecular Hbond substituents is 1. The lowest BCUT2D eigenvalue weighted by molar-refractivity contribution is 0.0951. The number of carbonyl (C=O) groups excluding carboxylic acids is 1. The van der Waals surface area contributed by atoms with Crippen molar-refractivity contribution in [2.45, 2.75) is 19.8 Å². The van der Waals surface area contributed by atoms with Crippen LogP contribution in [0.2, 0.25) is 0 Å². The molecule has 0 aliphatic heterocycles. The molecule has 0 bridgehead atoms. The molecule has 0 fully saturated rings. The fourth-order valence-corrected chi connectivity index (χ4v) is 2.00. The maximum atomic E-state index is 12.0. The van der Waals surface area contributed by atoms with Crippen LogP contribution in [-0.2, 0) is 0 Å². The van der Waals surface area contributed by atoms with Crippen molar-refractivity contribution in [3.63, 3.8) is 0 Å². The van der Waals surface area contributed by atoms with Crippen molar-refractivity contribution in [2.75, 3.05) is 6.54 Å². The van der Waals surface area contributed by atoms with Crippen molar-refractivity contribution < 1.29 is 9.90 Å². The van der Waals surface area contributed by atoms with Crippen molar-refractivity contribution in [3.05, 3.63) is 65.2 Å². The van der Waals surface area contributed by atoms with Gasteiger partial charge < -0.3 is 10.4 Å². The van der Waals surface area contributed by atoms with Gasteiger partial charge in [-0.1, -0.05) is 43.3 Å². The van der Waals surface area contributed by atoms with Gasteiger partial charge in [0.25, 0.3) is 5.91 Å². The molecular weight excluding hydrogens is 250 g/mol. The van der Waals surface area contributed by atoms with E-state index in [9.17, 15) is 9.90 Å². The summed E-state index contributed by atoms with van der Waals surface area (Å²) < 4.78 is 0. The van der Waals surface area contributed by atoms with Gasteiger partial charge in [0.15, 0.2) is 0 Å². The highest BCUT2D eigenvalue weighted by molar-refractivity contribution is 5.94. The number of hydrogen-bond acceptors (Lipinski definition) is 2. The zero-order valence-electron chi connectivity index (χ0n) is 11.8. The Kier molecular flexibility index (Phi) is 4.41. The van der Waals surface area contributed by atoms with Crippen molar-refractivity contribution >= 4 is 5.91 Å². The summed E-state index contributed by atoms with van der Waals surface area (Å²) >= 11 is 0. The lowest BCUT2D eigenvalue weighted by atomic mass is 10.0. The Morgan fingerprint density at radius 2 is 1.90 bits per heavy atom. The monoisotopic (exact) mass is 269 g/mol. The van der Waals surface area contributed by atoms with Gasteiger partial charge >= 0.3 is 0 Å². The summed E-state index contributed by atoms with van der Waals surface area (Å²) in [6, 6.07) is 15.0. The number of rotatable bonds is 4. The standard InChI is InChI=1S/C17H19NO2/c1-12-8-9-15(10-16(12)19)17(20)18-11-13(2)14-6-4-3-5-7-14/h3-10,13,19H,11H2,1-2H3,(H,18,20). The summed E-state index contributed by atoms with van der Waals surface area (Å²) in [6.07, 6.45) is 0. The van der Waals surface area contributed by atoms with Crippen LogP contribution in [0.5, 0.6) is 5.75 Å². The quantitative estimate of drug-likeness (QED) is 0.895. The second-order valence-corrected chi connectivity index (χ2v) is 5.02. The number of benzene rings is 2. The number of phenols is 1. The lowest BCUT2D eigenvalue weighted by Gasteiger charge is -2.13. The number of amides is 1. The molecule has 20 heavy (non-hydrogen) atoms. The highest BCUT2D eigenvalue weighted by Gasteiger charge is 2.10. The molecule has 0 saturated heterocycles. The number of aromatic hydroxyl groups is 1. The minimum absolute atomic E-state index is 0.147. The van der Waals surface area contributed by atoms with E-state index in [1.165, 1.54) is 11.6 Å². The van der Waals surface area contributed by atoms with Gasteiger partial charge in [0.1, 0.15) is 5.75 Å². The topological polar surface area (TPSA) is 49.3 Å². The van der Waals surface area contributed by atoms with Crippen molar-refractivity contribution in [1.29, 1.82) is 0 Å². The Morgan fingerprint density at radius 3 is 2.55 bits per heavy atom. The highest BCUT2D eigenvalue weighted by atomic mass is 16.3. The van der Waals surface area contributed by atoms with Crippen LogP contribution in [0, 0.1) is 6.92 Å². The molecule has 1 unspecified atom stereocenters. The summed E-state index contributed by atoms with van der Waals surface area (Å²) in [5, 5.41) is 12.5. The molecule has 1 atom stereocenters. The van der Waals surface area contributed by atoms with Gasteiger partial charge in [-0.25, -0.2) is 0 Å². The van der Waals surface area contributed by atoms with E-state index in [1.807, 2.05) is 18.2 Å². The third-order valence-corrected chi connectivity index (χ3v) is 3.41. The van der Waals surface area contributed by atoms with Gasteiger partial charge in [0.2, 0.25) is 0 Å². The summed E-state index contributed by atoms with van der Waals surface area (Å²) in [5.41, 5.74) is 2.44. The van der Waals surface area contributed by atoms with Gasteiger partial charge in [0.05, 0.1) is 0 Å². The Balaban J connectivity index is 1.97. The molecule has 2 N–H and O–H groups in total. The second kappa shape index (κ2) is 6.24. The number of carbonyl (C=O) groups is 1. The average Bonchev–Trinajstić information content (AvgIpc) is 2.48. The first-order valence-electron chi connectivity index (χ1n) is 6.70. The molecule has 0 heterocycles. The van der Waals surface area contributed by atoms with E-state index >= 15 is 0 Å². The molecule has 3 nitrogen and oxygen atoms in total. The van der Waals surface area contributed by atoms with Gasteiger partial charge in [-0.05, 0) is 36.1 Å². The predicted octanol–water partition coefficient (Wildman–Crippen LogP) is 3.23. The molecule has 2 rings (SSSR count). The van der Waals surface area contributed by atoms with E-state index < -0.39 is 0 Å². The Bertz CT molecular complexity index is 593. The molecule has 0 aromatic heterocycles. The van der Waals surface area contributed by atoms with E-state index in [0.717, 1.165) is 5.56 Å². The maximum absolute atomic E-state index is 12.0. The Morgan fingerprint density at radius 1 is 1.20 bits per heavy atom. The van der Waals surface area contributed by atoms with Crippen LogP contribution < -0.4 is 5.32 Å². The van der Waals surface area contributed by atoms with E-state index in [1.54, 1.807) is 19.1 Å². The van der Waals surface area contributed by atoms with Crippen molar-refractivity contribution in [1.82, 2.24) is 5.32 Å². The molecule has 0 radical (unpaired) electrons. The fourth-order valence-electron chi connectivity index (χ4n) is 2.00. The summed E-state index contributed by atoms with van der Waals surface area (Å²) in [7, 11) is 0. The van der Waals surface area contributed by atoms with Gasteiger partial charge in [-0.3, -0.25) is 4.79 Å². The van der Waals surface area contributed by atoms with Crippen LogP contribution in [0.1, 0.15) is 34.3 Å². The molecule has 2 aromatic rings. The van der Waals surface area contributed by atoms with Crippen LogP contribution in [-0.4, -0.2) is 17.6 Å². The highest BCUT2D eigenvalue weighted by Crippen LogP contribution is 2.18. The first-order valence-corrected chi connectivity index (χ1v) is 6.70. The summed E-state index contributed by atoms with van der Waals surface area (Å²) in [4.78, 5) is 12.0. The molecule has 2 aromatic carbocycles. The van der Waals surface area contributed by atoms with E-state index in [-0.39, 0.29) is 17.6 Å². The summed E-state index contributed by atoms with van der Waals surface area (Å²) in [5.74, 6) is 0.232. The first-order chi connectivity index (χ1) is 9.58. The molecule has 0 aliphatic rings. The number of hydrogen-bond donors (Lipinski definition) is 2. The second-order valence-electron chi connectivity index (χ2n) is 5.02. The summed E-state index contributed by atoms with van der Waals surface area (Å²) in [6.45, 7) is 4.44.